The smallest absolute Gasteiger partial charge is 0.236 e. The van der Waals surface area contributed by atoms with Crippen LogP contribution in [0.4, 0.5) is 0 Å². The first-order valence-corrected chi connectivity index (χ1v) is 9.79. The lowest BCUT2D eigenvalue weighted by Crippen LogP contribution is -2.42. The van der Waals surface area contributed by atoms with Crippen LogP contribution < -0.4 is 15.8 Å². The second-order valence-corrected chi connectivity index (χ2v) is 8.20. The third-order valence-electron chi connectivity index (χ3n) is 2.91. The van der Waals surface area contributed by atoms with Crippen LogP contribution in [0.3, 0.4) is 0 Å². The highest BCUT2D eigenvalue weighted by molar-refractivity contribution is 7.90. The molecule has 0 spiro atoms. The molecule has 1 unspecified atom stereocenters. The maximum atomic E-state index is 11.7. The Hall–Kier alpha value is -1.02. The zero-order valence-electron chi connectivity index (χ0n) is 12.7. The van der Waals surface area contributed by atoms with E-state index in [0.29, 0.717) is 35.4 Å². The Kier molecular flexibility index (Phi) is 8.11. The molecule has 1 atom stereocenters. The number of carbonyl (C=O) groups excluding carboxylic acids is 1. The van der Waals surface area contributed by atoms with E-state index >= 15 is 0 Å². The van der Waals surface area contributed by atoms with Gasteiger partial charge in [0, 0.05) is 17.8 Å². The number of hydrogen-bond donors (Lipinski definition) is 2. The second kappa shape index (κ2) is 9.32. The van der Waals surface area contributed by atoms with Crippen molar-refractivity contribution >= 4 is 38.9 Å². The number of nitrogens with two attached hydrogens (primary N) is 1. The summed E-state index contributed by atoms with van der Waals surface area (Å²) in [6.45, 7) is 0.733. The Morgan fingerprint density at radius 1 is 1.39 bits per heavy atom. The molecule has 0 fully saturated rings. The van der Waals surface area contributed by atoms with Crippen LogP contribution in [0.1, 0.15) is 12.8 Å². The quantitative estimate of drug-likeness (QED) is 0.632. The predicted molar refractivity (Wildman–Crippen MR) is 91.9 cm³/mol. The molecule has 6 nitrogen and oxygen atoms in total. The maximum absolute atomic E-state index is 11.7. The number of benzene rings is 1. The van der Waals surface area contributed by atoms with E-state index in [1.807, 2.05) is 0 Å². The monoisotopic (exact) mass is 382 g/mol. The van der Waals surface area contributed by atoms with Crippen molar-refractivity contribution in [3.8, 4) is 5.75 Å². The molecule has 9 heteroatoms. The molecule has 0 bridgehead atoms. The normalized spacial score (nSPS) is 12.7. The molecular formula is C14H20Cl2N2O4S. The zero-order valence-corrected chi connectivity index (χ0v) is 15.0. The first-order valence-electron chi connectivity index (χ1n) is 6.98. The highest BCUT2D eigenvalue weighted by atomic mass is 35.5. The second-order valence-electron chi connectivity index (χ2n) is 5.09. The maximum Gasteiger partial charge on any atom is 0.236 e. The molecule has 1 aromatic rings. The molecule has 0 aliphatic rings. The van der Waals surface area contributed by atoms with Gasteiger partial charge < -0.3 is 15.8 Å². The minimum Gasteiger partial charge on any atom is -0.492 e. The van der Waals surface area contributed by atoms with E-state index in [1.165, 1.54) is 0 Å². The topological polar surface area (TPSA) is 98.5 Å². The van der Waals surface area contributed by atoms with Gasteiger partial charge >= 0.3 is 0 Å². The van der Waals surface area contributed by atoms with Gasteiger partial charge in [-0.2, -0.15) is 0 Å². The predicted octanol–water partition coefficient (Wildman–Crippen LogP) is 1.64. The van der Waals surface area contributed by atoms with Gasteiger partial charge in [-0.05, 0) is 31.0 Å². The van der Waals surface area contributed by atoms with Gasteiger partial charge in [0.2, 0.25) is 5.91 Å². The number of rotatable bonds is 9. The lowest BCUT2D eigenvalue weighted by molar-refractivity contribution is -0.122. The molecule has 0 aliphatic carbocycles. The fraction of sp³-hybridized carbons (Fsp3) is 0.500. The molecular weight excluding hydrogens is 363 g/mol. The standard InChI is InChI=1S/C14H20Cl2N2O4S/c1-23(20,21)8-5-12(17)14(19)18-6-2-7-22-13-4-3-10(15)9-11(13)16/h3-4,9,12H,2,5-8,17H2,1H3,(H,18,19). The van der Waals surface area contributed by atoms with Crippen molar-refractivity contribution in [2.45, 2.75) is 18.9 Å². The molecule has 3 N–H and O–H groups in total. The molecule has 0 aromatic heterocycles. The van der Waals surface area contributed by atoms with E-state index in [1.54, 1.807) is 18.2 Å². The summed E-state index contributed by atoms with van der Waals surface area (Å²) < 4.78 is 27.5. The number of halogens is 2. The molecule has 0 aliphatic heterocycles. The number of ether oxygens (including phenoxy) is 1. The SMILES string of the molecule is CS(=O)(=O)CCC(N)C(=O)NCCCOc1ccc(Cl)cc1Cl. The van der Waals surface area contributed by atoms with E-state index in [0.717, 1.165) is 6.26 Å². The van der Waals surface area contributed by atoms with Crippen molar-refractivity contribution in [2.24, 2.45) is 5.73 Å². The minimum atomic E-state index is -3.12. The van der Waals surface area contributed by atoms with Crippen molar-refractivity contribution in [3.05, 3.63) is 28.2 Å². The van der Waals surface area contributed by atoms with Gasteiger partial charge in [0.05, 0.1) is 23.4 Å². The van der Waals surface area contributed by atoms with Gasteiger partial charge in [-0.1, -0.05) is 23.2 Å². The summed E-state index contributed by atoms with van der Waals surface area (Å²) in [5.74, 6) is 0.0326. The van der Waals surface area contributed by atoms with Crippen LogP contribution in [-0.2, 0) is 14.6 Å². The lowest BCUT2D eigenvalue weighted by atomic mass is 10.2. The summed E-state index contributed by atoms with van der Waals surface area (Å²) >= 11 is 11.7. The average molecular weight is 383 g/mol. The Morgan fingerprint density at radius 2 is 2.09 bits per heavy atom. The van der Waals surface area contributed by atoms with Crippen molar-refractivity contribution in [1.82, 2.24) is 5.32 Å². The summed E-state index contributed by atoms with van der Waals surface area (Å²) in [7, 11) is -3.12. The van der Waals surface area contributed by atoms with Crippen LogP contribution in [-0.4, -0.2) is 45.5 Å². The molecule has 1 amide bonds. The molecule has 130 valence electrons. The number of amides is 1. The summed E-state index contributed by atoms with van der Waals surface area (Å²) in [5.41, 5.74) is 5.63. The Bertz CT molecular complexity index is 638. The highest BCUT2D eigenvalue weighted by Crippen LogP contribution is 2.27. The first kappa shape index (κ1) is 20.0. The van der Waals surface area contributed by atoms with Crippen molar-refractivity contribution in [1.29, 1.82) is 0 Å². The van der Waals surface area contributed by atoms with Crippen LogP contribution in [0, 0.1) is 0 Å². The number of carbonyl (C=O) groups is 1. The number of sulfone groups is 1. The van der Waals surface area contributed by atoms with Crippen LogP contribution >= 0.6 is 23.2 Å². The molecule has 23 heavy (non-hydrogen) atoms. The van der Waals surface area contributed by atoms with Crippen LogP contribution in [0.25, 0.3) is 0 Å². The molecule has 1 rings (SSSR count). The number of hydrogen-bond acceptors (Lipinski definition) is 5. The molecule has 0 saturated carbocycles. The summed E-state index contributed by atoms with van der Waals surface area (Å²) in [6, 6.07) is 4.09. The summed E-state index contributed by atoms with van der Waals surface area (Å²) in [6.07, 6.45) is 1.77. The van der Waals surface area contributed by atoms with E-state index < -0.39 is 15.9 Å². The van der Waals surface area contributed by atoms with E-state index in [-0.39, 0.29) is 18.1 Å². The van der Waals surface area contributed by atoms with Gasteiger partial charge in [0.1, 0.15) is 15.6 Å². The highest BCUT2D eigenvalue weighted by Gasteiger charge is 2.15. The largest absolute Gasteiger partial charge is 0.492 e. The zero-order chi connectivity index (χ0) is 17.5. The average Bonchev–Trinajstić information content (AvgIpc) is 2.45. The van der Waals surface area contributed by atoms with Gasteiger partial charge in [-0.15, -0.1) is 0 Å². The Morgan fingerprint density at radius 3 is 2.70 bits per heavy atom. The van der Waals surface area contributed by atoms with Gasteiger partial charge in [0.25, 0.3) is 0 Å². The van der Waals surface area contributed by atoms with E-state index in [9.17, 15) is 13.2 Å². The summed E-state index contributed by atoms with van der Waals surface area (Å²) in [5, 5.41) is 3.58. The van der Waals surface area contributed by atoms with Crippen molar-refractivity contribution < 1.29 is 17.9 Å². The Balaban J connectivity index is 2.22. The molecule has 1 aromatic carbocycles. The number of nitrogens with one attached hydrogen (secondary N) is 1. The molecule has 0 saturated heterocycles. The Labute approximate surface area is 146 Å². The lowest BCUT2D eigenvalue weighted by Gasteiger charge is -2.12. The molecule has 0 heterocycles. The van der Waals surface area contributed by atoms with E-state index in [4.69, 9.17) is 33.7 Å². The van der Waals surface area contributed by atoms with Gasteiger partial charge in [-0.25, -0.2) is 8.42 Å². The van der Waals surface area contributed by atoms with Crippen LogP contribution in [0.15, 0.2) is 18.2 Å². The molecule has 0 radical (unpaired) electrons. The van der Waals surface area contributed by atoms with Crippen LogP contribution in [0.2, 0.25) is 10.0 Å². The van der Waals surface area contributed by atoms with Crippen molar-refractivity contribution in [3.63, 3.8) is 0 Å². The third-order valence-corrected chi connectivity index (χ3v) is 4.42. The van der Waals surface area contributed by atoms with Gasteiger partial charge in [0.15, 0.2) is 0 Å². The van der Waals surface area contributed by atoms with Crippen LogP contribution in [0.5, 0.6) is 5.75 Å². The first-order chi connectivity index (χ1) is 10.7. The fourth-order valence-corrected chi connectivity index (χ4v) is 2.81. The fourth-order valence-electron chi connectivity index (χ4n) is 1.66. The van der Waals surface area contributed by atoms with E-state index in [2.05, 4.69) is 5.32 Å². The third kappa shape index (κ3) is 8.41. The minimum absolute atomic E-state index is 0.0988. The summed E-state index contributed by atoms with van der Waals surface area (Å²) in [4.78, 5) is 11.7. The van der Waals surface area contributed by atoms with Gasteiger partial charge in [-0.3, -0.25) is 4.79 Å². The van der Waals surface area contributed by atoms with Crippen molar-refractivity contribution in [2.75, 3.05) is 25.2 Å².